The summed E-state index contributed by atoms with van der Waals surface area (Å²) in [4.78, 5) is 16.0. The maximum absolute atomic E-state index is 12.0. The van der Waals surface area contributed by atoms with E-state index in [1.165, 1.54) is 11.3 Å². The van der Waals surface area contributed by atoms with E-state index in [2.05, 4.69) is 10.3 Å². The third kappa shape index (κ3) is 3.23. The van der Waals surface area contributed by atoms with Crippen molar-refractivity contribution < 1.29 is 14.3 Å². The van der Waals surface area contributed by atoms with Gasteiger partial charge in [0.2, 0.25) is 0 Å². The summed E-state index contributed by atoms with van der Waals surface area (Å²) in [6.45, 7) is 2.43. The van der Waals surface area contributed by atoms with Gasteiger partial charge in [-0.25, -0.2) is 4.98 Å². The Morgan fingerprint density at radius 3 is 2.89 bits per heavy atom. The van der Waals surface area contributed by atoms with Gasteiger partial charge in [-0.2, -0.15) is 0 Å². The number of aromatic nitrogens is 1. The summed E-state index contributed by atoms with van der Waals surface area (Å²) in [5.41, 5.74) is 0.496. The van der Waals surface area contributed by atoms with Crippen molar-refractivity contribution in [2.75, 3.05) is 19.0 Å². The van der Waals surface area contributed by atoms with Gasteiger partial charge in [0, 0.05) is 17.1 Å². The van der Waals surface area contributed by atoms with Gasteiger partial charge in [0.25, 0.3) is 5.91 Å². The number of carbonyl (C=O) groups is 1. The van der Waals surface area contributed by atoms with Crippen molar-refractivity contribution in [1.29, 1.82) is 0 Å². The molecule has 1 N–H and O–H groups in total. The van der Waals surface area contributed by atoms with Gasteiger partial charge in [-0.05, 0) is 25.1 Å². The van der Waals surface area contributed by atoms with E-state index in [1.807, 2.05) is 6.92 Å². The monoisotopic (exact) mass is 278 g/mol. The Balaban J connectivity index is 2.18. The molecule has 5 nitrogen and oxygen atoms in total. The van der Waals surface area contributed by atoms with E-state index in [1.54, 1.807) is 36.9 Å². The van der Waals surface area contributed by atoms with Gasteiger partial charge >= 0.3 is 0 Å². The van der Waals surface area contributed by atoms with E-state index in [4.69, 9.17) is 9.47 Å². The van der Waals surface area contributed by atoms with Crippen LogP contribution in [0.5, 0.6) is 11.5 Å². The molecule has 2 rings (SSSR count). The number of methoxy groups -OCH3 is 1. The van der Waals surface area contributed by atoms with Crippen molar-refractivity contribution >= 4 is 22.4 Å². The molecule has 0 unspecified atom stereocenters. The van der Waals surface area contributed by atoms with E-state index >= 15 is 0 Å². The first-order chi connectivity index (χ1) is 9.24. The van der Waals surface area contributed by atoms with Crippen LogP contribution in [0.1, 0.15) is 17.3 Å². The molecule has 2 aromatic rings. The highest BCUT2D eigenvalue weighted by Gasteiger charge is 2.11. The third-order valence-corrected chi connectivity index (χ3v) is 3.07. The Bertz CT molecular complexity index is 555. The minimum absolute atomic E-state index is 0.226. The van der Waals surface area contributed by atoms with E-state index in [0.29, 0.717) is 28.8 Å². The number of nitrogens with zero attached hydrogens (tertiary/aromatic N) is 1. The molecule has 19 heavy (non-hydrogen) atoms. The maximum atomic E-state index is 12.0. The van der Waals surface area contributed by atoms with Gasteiger partial charge in [-0.1, -0.05) is 0 Å². The van der Waals surface area contributed by atoms with Crippen molar-refractivity contribution in [3.63, 3.8) is 0 Å². The van der Waals surface area contributed by atoms with Crippen LogP contribution in [-0.2, 0) is 0 Å². The van der Waals surface area contributed by atoms with Crippen LogP contribution in [0.2, 0.25) is 0 Å². The number of nitrogens with one attached hydrogen (secondary N) is 1. The molecule has 6 heteroatoms. The predicted molar refractivity (Wildman–Crippen MR) is 74.2 cm³/mol. The molecule has 0 saturated carbocycles. The van der Waals surface area contributed by atoms with Crippen molar-refractivity contribution in [2.45, 2.75) is 6.92 Å². The lowest BCUT2D eigenvalue weighted by Crippen LogP contribution is -2.11. The molecule has 1 aromatic carbocycles. The molecule has 0 saturated heterocycles. The van der Waals surface area contributed by atoms with E-state index in [-0.39, 0.29) is 5.91 Å². The summed E-state index contributed by atoms with van der Waals surface area (Å²) >= 11 is 1.37. The summed E-state index contributed by atoms with van der Waals surface area (Å²) < 4.78 is 10.6. The van der Waals surface area contributed by atoms with Crippen molar-refractivity contribution in [3.05, 3.63) is 35.3 Å². The first kappa shape index (κ1) is 13.4. The molecule has 1 aromatic heterocycles. The fourth-order valence-corrected chi connectivity index (χ4v) is 2.06. The number of hydrogen-bond acceptors (Lipinski definition) is 5. The maximum Gasteiger partial charge on any atom is 0.257 e. The van der Waals surface area contributed by atoms with Crippen LogP contribution in [0.25, 0.3) is 0 Å². The van der Waals surface area contributed by atoms with E-state index < -0.39 is 0 Å². The molecule has 0 bridgehead atoms. The fraction of sp³-hybridized carbons (Fsp3) is 0.231. The Morgan fingerprint density at radius 2 is 2.26 bits per heavy atom. The zero-order valence-corrected chi connectivity index (χ0v) is 11.5. The number of carbonyl (C=O) groups excluding carboxylic acids is 1. The van der Waals surface area contributed by atoms with Crippen LogP contribution in [0.3, 0.4) is 0 Å². The molecule has 0 fully saturated rings. The molecule has 0 aliphatic heterocycles. The van der Waals surface area contributed by atoms with Crippen LogP contribution in [0.4, 0.5) is 5.13 Å². The lowest BCUT2D eigenvalue weighted by atomic mass is 10.2. The SMILES string of the molecule is CCOc1ccc(C(=O)Nc2nccs2)cc1OC. The van der Waals surface area contributed by atoms with E-state index in [9.17, 15) is 4.79 Å². The second kappa shape index (κ2) is 6.19. The van der Waals surface area contributed by atoms with Crippen molar-refractivity contribution in [2.24, 2.45) is 0 Å². The molecule has 100 valence electrons. The summed E-state index contributed by atoms with van der Waals surface area (Å²) in [5.74, 6) is 0.931. The quantitative estimate of drug-likeness (QED) is 0.913. The molecule has 1 amide bonds. The molecule has 0 atom stereocenters. The van der Waals surface area contributed by atoms with Crippen molar-refractivity contribution in [3.8, 4) is 11.5 Å². The third-order valence-electron chi connectivity index (χ3n) is 2.38. The molecule has 1 heterocycles. The Morgan fingerprint density at radius 1 is 1.42 bits per heavy atom. The second-order valence-corrected chi connectivity index (χ2v) is 4.48. The summed E-state index contributed by atoms with van der Waals surface area (Å²) in [7, 11) is 1.54. The molecule has 0 radical (unpaired) electrons. The van der Waals surface area contributed by atoms with Crippen LogP contribution in [-0.4, -0.2) is 24.6 Å². The van der Waals surface area contributed by atoms with Gasteiger partial charge < -0.3 is 9.47 Å². The van der Waals surface area contributed by atoms with Gasteiger partial charge in [0.1, 0.15) is 0 Å². The summed E-state index contributed by atoms with van der Waals surface area (Å²) in [6, 6.07) is 5.06. The number of amides is 1. The second-order valence-electron chi connectivity index (χ2n) is 3.59. The van der Waals surface area contributed by atoms with Crippen LogP contribution < -0.4 is 14.8 Å². The van der Waals surface area contributed by atoms with Crippen LogP contribution >= 0.6 is 11.3 Å². The largest absolute Gasteiger partial charge is 0.493 e. The van der Waals surface area contributed by atoms with Crippen molar-refractivity contribution in [1.82, 2.24) is 4.98 Å². The van der Waals surface area contributed by atoms with Gasteiger partial charge in [-0.3, -0.25) is 10.1 Å². The molecule has 0 spiro atoms. The summed E-state index contributed by atoms with van der Waals surface area (Å²) in [5, 5.41) is 5.08. The summed E-state index contributed by atoms with van der Waals surface area (Å²) in [6.07, 6.45) is 1.64. The Labute approximate surface area is 115 Å². The van der Waals surface area contributed by atoms with Crippen LogP contribution in [0, 0.1) is 0 Å². The minimum Gasteiger partial charge on any atom is -0.493 e. The molecular weight excluding hydrogens is 264 g/mol. The average molecular weight is 278 g/mol. The number of thiazole rings is 1. The zero-order chi connectivity index (χ0) is 13.7. The highest BCUT2D eigenvalue weighted by molar-refractivity contribution is 7.13. The standard InChI is InChI=1S/C13H14N2O3S/c1-3-18-10-5-4-9(8-11(10)17-2)12(16)15-13-14-6-7-19-13/h4-8H,3H2,1-2H3,(H,14,15,16). The average Bonchev–Trinajstić information content (AvgIpc) is 2.92. The highest BCUT2D eigenvalue weighted by Crippen LogP contribution is 2.28. The lowest BCUT2D eigenvalue weighted by Gasteiger charge is -2.10. The molecule has 0 aliphatic rings. The fourth-order valence-electron chi connectivity index (χ4n) is 1.54. The van der Waals surface area contributed by atoms with Gasteiger partial charge in [-0.15, -0.1) is 11.3 Å². The van der Waals surface area contributed by atoms with Crippen LogP contribution in [0.15, 0.2) is 29.8 Å². The highest BCUT2D eigenvalue weighted by atomic mass is 32.1. The first-order valence-corrected chi connectivity index (χ1v) is 6.64. The number of rotatable bonds is 5. The molecular formula is C13H14N2O3S. The first-order valence-electron chi connectivity index (χ1n) is 5.76. The smallest absolute Gasteiger partial charge is 0.257 e. The van der Waals surface area contributed by atoms with Gasteiger partial charge in [0.15, 0.2) is 16.6 Å². The number of benzene rings is 1. The number of ether oxygens (including phenoxy) is 2. The van der Waals surface area contributed by atoms with E-state index in [0.717, 1.165) is 0 Å². The van der Waals surface area contributed by atoms with Gasteiger partial charge in [0.05, 0.1) is 13.7 Å². The lowest BCUT2D eigenvalue weighted by molar-refractivity contribution is 0.102. The topological polar surface area (TPSA) is 60.5 Å². The normalized spacial score (nSPS) is 10.0. The minimum atomic E-state index is -0.226. The zero-order valence-electron chi connectivity index (χ0n) is 10.7. The Hall–Kier alpha value is -2.08. The predicted octanol–water partition coefficient (Wildman–Crippen LogP) is 2.80. The number of anilines is 1. The number of hydrogen-bond donors (Lipinski definition) is 1. The molecule has 0 aliphatic carbocycles. The Kier molecular flexibility index (Phi) is 4.35.